The highest BCUT2D eigenvalue weighted by atomic mass is 32.2. The van der Waals surface area contributed by atoms with Gasteiger partial charge in [0.2, 0.25) is 15.9 Å². The van der Waals surface area contributed by atoms with E-state index in [2.05, 4.69) is 9.88 Å². The van der Waals surface area contributed by atoms with Crippen LogP contribution < -0.4 is 9.47 Å². The summed E-state index contributed by atoms with van der Waals surface area (Å²) in [5, 5.41) is 0. The van der Waals surface area contributed by atoms with Gasteiger partial charge in [-0.25, -0.2) is 13.4 Å². The molecule has 0 amide bonds. The van der Waals surface area contributed by atoms with Crippen LogP contribution in [0.25, 0.3) is 0 Å². The lowest BCUT2D eigenvalue weighted by molar-refractivity contribution is 0.0531. The lowest BCUT2D eigenvalue weighted by atomic mass is 10.0. The first kappa shape index (κ1) is 20.1. The molecule has 4 rings (SSSR count). The minimum Gasteiger partial charge on any atom is -0.483 e. The van der Waals surface area contributed by atoms with Crippen molar-refractivity contribution in [2.24, 2.45) is 0 Å². The van der Waals surface area contributed by atoms with E-state index >= 15 is 0 Å². The first-order valence-corrected chi connectivity index (χ1v) is 11.3. The third-order valence-corrected chi connectivity index (χ3v) is 7.68. The first-order valence-electron chi connectivity index (χ1n) is 9.85. The molecule has 8 heteroatoms. The summed E-state index contributed by atoms with van der Waals surface area (Å²) >= 11 is 0. The number of nitrogens with zero attached hydrogens (tertiary/aromatic N) is 3. The van der Waals surface area contributed by atoms with E-state index < -0.39 is 15.6 Å². The van der Waals surface area contributed by atoms with Crippen molar-refractivity contribution in [3.05, 3.63) is 48.2 Å². The summed E-state index contributed by atoms with van der Waals surface area (Å²) in [6.45, 7) is 6.28. The Hall–Kier alpha value is -2.16. The highest BCUT2D eigenvalue weighted by molar-refractivity contribution is 7.89. The largest absolute Gasteiger partial charge is 0.483 e. The summed E-state index contributed by atoms with van der Waals surface area (Å²) in [7, 11) is -1.99. The van der Waals surface area contributed by atoms with Gasteiger partial charge in [0.15, 0.2) is 0 Å². The number of ether oxygens (including phenoxy) is 2. The quantitative estimate of drug-likeness (QED) is 0.761. The Kier molecular flexibility index (Phi) is 5.27. The fourth-order valence-electron chi connectivity index (χ4n) is 4.21. The third kappa shape index (κ3) is 3.72. The molecule has 2 aromatic rings. The molecule has 1 saturated heterocycles. The molecule has 1 aromatic heterocycles. The third-order valence-electron chi connectivity index (χ3n) is 5.61. The van der Waals surface area contributed by atoms with E-state index in [9.17, 15) is 8.42 Å². The summed E-state index contributed by atoms with van der Waals surface area (Å²) in [6, 6.07) is 10.7. The molecule has 0 saturated carbocycles. The molecular weight excluding hydrogens is 390 g/mol. The molecule has 2 aliphatic heterocycles. The molecule has 1 aromatic carbocycles. The van der Waals surface area contributed by atoms with E-state index in [4.69, 9.17) is 9.47 Å². The second kappa shape index (κ2) is 7.59. The normalized spacial score (nSPS) is 24.3. The zero-order valence-corrected chi connectivity index (χ0v) is 17.9. The molecular formula is C21H27N3O4S. The van der Waals surface area contributed by atoms with Crippen LogP contribution in [0.2, 0.25) is 0 Å². The highest BCUT2D eigenvalue weighted by Gasteiger charge is 2.48. The number of sulfonamides is 1. The average Bonchev–Trinajstić information content (AvgIpc) is 3.04. The number of benzene rings is 1. The van der Waals surface area contributed by atoms with Crippen LogP contribution in [-0.4, -0.2) is 61.0 Å². The Bertz CT molecular complexity index is 995. The Balaban J connectivity index is 1.64. The van der Waals surface area contributed by atoms with Gasteiger partial charge in [-0.1, -0.05) is 18.2 Å². The van der Waals surface area contributed by atoms with Crippen molar-refractivity contribution in [2.45, 2.75) is 43.4 Å². The number of hydrogen-bond donors (Lipinski definition) is 0. The van der Waals surface area contributed by atoms with E-state index in [0.717, 1.165) is 18.5 Å². The van der Waals surface area contributed by atoms with Crippen molar-refractivity contribution < 1.29 is 17.9 Å². The summed E-state index contributed by atoms with van der Waals surface area (Å²) in [5.74, 6) is 1.06. The zero-order chi connectivity index (χ0) is 20.6. The number of aromatic nitrogens is 1. The Morgan fingerprint density at radius 2 is 2.00 bits per heavy atom. The van der Waals surface area contributed by atoms with Gasteiger partial charge in [-0.15, -0.1) is 0 Å². The number of para-hydroxylation sites is 1. The van der Waals surface area contributed by atoms with Gasteiger partial charge >= 0.3 is 0 Å². The molecule has 7 nitrogen and oxygen atoms in total. The number of rotatable bonds is 4. The predicted octanol–water partition coefficient (Wildman–Crippen LogP) is 2.53. The molecule has 3 heterocycles. The lowest BCUT2D eigenvalue weighted by Gasteiger charge is -2.33. The van der Waals surface area contributed by atoms with E-state index in [0.29, 0.717) is 31.3 Å². The molecule has 0 aliphatic carbocycles. The zero-order valence-electron chi connectivity index (χ0n) is 17.0. The lowest BCUT2D eigenvalue weighted by Crippen LogP contribution is -2.51. The van der Waals surface area contributed by atoms with Crippen molar-refractivity contribution in [1.29, 1.82) is 0 Å². The maximum Gasteiger partial charge on any atom is 0.247 e. The Labute approximate surface area is 172 Å². The van der Waals surface area contributed by atoms with Crippen molar-refractivity contribution >= 4 is 10.0 Å². The second-order valence-electron chi connectivity index (χ2n) is 8.01. The van der Waals surface area contributed by atoms with Gasteiger partial charge in [-0.2, -0.15) is 4.31 Å². The molecule has 0 unspecified atom stereocenters. The smallest absolute Gasteiger partial charge is 0.247 e. The molecule has 29 heavy (non-hydrogen) atoms. The van der Waals surface area contributed by atoms with Gasteiger partial charge in [-0.05, 0) is 32.0 Å². The van der Waals surface area contributed by atoms with Crippen LogP contribution in [0.3, 0.4) is 0 Å². The van der Waals surface area contributed by atoms with Crippen molar-refractivity contribution in [2.75, 3.05) is 26.7 Å². The maximum atomic E-state index is 13.3. The monoisotopic (exact) mass is 417 g/mol. The SMILES string of the molecule is COc1ncccc1CN1CC[C@@]2(C1)CN(C(C)C)S(=O)(=O)c1ccccc1O2. The van der Waals surface area contributed by atoms with Crippen molar-refractivity contribution in [3.8, 4) is 11.6 Å². The highest BCUT2D eigenvalue weighted by Crippen LogP contribution is 2.39. The van der Waals surface area contributed by atoms with Crippen LogP contribution in [0, 0.1) is 0 Å². The van der Waals surface area contributed by atoms with Gasteiger partial charge in [0.1, 0.15) is 16.2 Å². The molecule has 0 radical (unpaired) electrons. The van der Waals surface area contributed by atoms with Gasteiger partial charge in [0, 0.05) is 43.9 Å². The standard InChI is InChI=1S/C21H27N3O4S/c1-16(2)24-15-21(28-18-8-4-5-9-19(18)29(24,25)26)10-12-23(14-21)13-17-7-6-11-22-20(17)27-3/h4-9,11,16H,10,12-15H2,1-3H3/t21-/m1/s1. The van der Waals surface area contributed by atoms with Crippen LogP contribution in [-0.2, 0) is 16.6 Å². The molecule has 1 fully saturated rings. The second-order valence-corrected chi connectivity index (χ2v) is 9.87. The van der Waals surface area contributed by atoms with Crippen LogP contribution in [0.4, 0.5) is 0 Å². The van der Waals surface area contributed by atoms with E-state index in [1.165, 1.54) is 0 Å². The number of hydrogen-bond acceptors (Lipinski definition) is 6. The Morgan fingerprint density at radius 3 is 2.76 bits per heavy atom. The number of likely N-dealkylation sites (tertiary alicyclic amines) is 1. The molecule has 1 atom stereocenters. The van der Waals surface area contributed by atoms with Gasteiger partial charge < -0.3 is 9.47 Å². The summed E-state index contributed by atoms with van der Waals surface area (Å²) in [5.41, 5.74) is 0.425. The predicted molar refractivity (Wildman–Crippen MR) is 110 cm³/mol. The molecule has 0 N–H and O–H groups in total. The Morgan fingerprint density at radius 1 is 1.21 bits per heavy atom. The van der Waals surface area contributed by atoms with E-state index in [1.807, 2.05) is 32.0 Å². The minimum atomic E-state index is -3.61. The van der Waals surface area contributed by atoms with Crippen LogP contribution >= 0.6 is 0 Å². The first-order chi connectivity index (χ1) is 13.8. The van der Waals surface area contributed by atoms with Gasteiger partial charge in [0.25, 0.3) is 0 Å². The minimum absolute atomic E-state index is 0.154. The van der Waals surface area contributed by atoms with Crippen LogP contribution in [0.5, 0.6) is 11.6 Å². The van der Waals surface area contributed by atoms with E-state index in [1.54, 1.807) is 35.8 Å². The summed E-state index contributed by atoms with van der Waals surface area (Å²) in [6.07, 6.45) is 2.47. The summed E-state index contributed by atoms with van der Waals surface area (Å²) in [4.78, 5) is 6.80. The fourth-order valence-corrected chi connectivity index (χ4v) is 6.04. The number of methoxy groups -OCH3 is 1. The average molecular weight is 418 g/mol. The fraction of sp³-hybridized carbons (Fsp3) is 0.476. The number of pyridine rings is 1. The molecule has 1 spiro atoms. The van der Waals surface area contributed by atoms with Crippen LogP contribution in [0.1, 0.15) is 25.8 Å². The van der Waals surface area contributed by atoms with Gasteiger partial charge in [-0.3, -0.25) is 4.90 Å². The molecule has 2 aliphatic rings. The maximum absolute atomic E-state index is 13.3. The van der Waals surface area contributed by atoms with E-state index in [-0.39, 0.29) is 10.9 Å². The molecule has 156 valence electrons. The van der Waals surface area contributed by atoms with Gasteiger partial charge in [0.05, 0.1) is 13.7 Å². The number of fused-ring (bicyclic) bond motifs is 1. The van der Waals surface area contributed by atoms with Crippen molar-refractivity contribution in [3.63, 3.8) is 0 Å². The van der Waals surface area contributed by atoms with Crippen molar-refractivity contribution in [1.82, 2.24) is 14.2 Å². The van der Waals surface area contributed by atoms with Crippen LogP contribution in [0.15, 0.2) is 47.5 Å². The summed E-state index contributed by atoms with van der Waals surface area (Å²) < 4.78 is 39.9. The molecule has 0 bridgehead atoms. The topological polar surface area (TPSA) is 72.0 Å².